The molecule has 5 heterocycles. The van der Waals surface area contributed by atoms with E-state index in [1.165, 1.54) is 16.4 Å². The van der Waals surface area contributed by atoms with Crippen LogP contribution in [-0.2, 0) is 48.2 Å². The van der Waals surface area contributed by atoms with Crippen molar-refractivity contribution in [1.29, 1.82) is 0 Å². The van der Waals surface area contributed by atoms with Crippen LogP contribution in [0.25, 0.3) is 22.0 Å². The Morgan fingerprint density at radius 1 is 0.849 bits per heavy atom. The largest absolute Gasteiger partial charge is 0.515 e. The molecule has 22 nitrogen and oxygen atoms in total. The van der Waals surface area contributed by atoms with Crippen LogP contribution in [0.3, 0.4) is 0 Å². The van der Waals surface area contributed by atoms with E-state index in [4.69, 9.17) is 18.9 Å². The fourth-order valence-corrected chi connectivity index (χ4v) is 13.2. The maximum Gasteiger partial charge on any atom is 0.515 e. The summed E-state index contributed by atoms with van der Waals surface area (Å²) in [5.74, 6) is -3.75. The van der Waals surface area contributed by atoms with Crippen molar-refractivity contribution >= 4 is 90.3 Å². The molecule has 3 aromatic carbocycles. The number of carboxylic acids is 2. The lowest BCUT2D eigenvalue weighted by Crippen LogP contribution is -2.44. The second-order valence-corrected chi connectivity index (χ2v) is 24.8. The Morgan fingerprint density at radius 2 is 1.60 bits per heavy atom. The molecule has 2 atom stereocenters. The van der Waals surface area contributed by atoms with Gasteiger partial charge in [0.25, 0.3) is 17.4 Å². The molecule has 2 aliphatic rings. The number of amides is 3. The highest BCUT2D eigenvalue weighted by molar-refractivity contribution is 8.76. The molecule has 1 unspecified atom stereocenters. The first-order chi connectivity index (χ1) is 41.3. The molecular weight excluding hydrogens is 1160 g/mol. The molecule has 0 saturated carbocycles. The summed E-state index contributed by atoms with van der Waals surface area (Å²) < 4.78 is 22.3. The smallest absolute Gasteiger partial charge is 0.480 e. The van der Waals surface area contributed by atoms with Gasteiger partial charge in [-0.05, 0) is 136 Å². The summed E-state index contributed by atoms with van der Waals surface area (Å²) in [5, 5.41) is 28.9. The average molecular weight is 1240 g/mol. The number of thiophene rings is 1. The molecule has 2 aliphatic heterocycles. The number of carboxylic acid groups (broad SMARTS) is 2. The Kier molecular flexibility index (Phi) is 23.0. The van der Waals surface area contributed by atoms with Crippen LogP contribution < -0.4 is 36.0 Å². The number of aryl methyl sites for hydroxylation is 3. The molecule has 3 amide bonds. The summed E-state index contributed by atoms with van der Waals surface area (Å²) >= 11 is 1.13. The van der Waals surface area contributed by atoms with Crippen LogP contribution in [0.2, 0.25) is 0 Å². The zero-order chi connectivity index (χ0) is 61.4. The Labute approximate surface area is 510 Å². The van der Waals surface area contributed by atoms with Crippen molar-refractivity contribution < 1.29 is 57.9 Å². The highest BCUT2D eigenvalue weighted by Gasteiger charge is 2.28. The number of nitrogens with zero attached hydrogens (tertiary/aromatic N) is 5. The summed E-state index contributed by atoms with van der Waals surface area (Å²) in [6.45, 7) is 15.7. The van der Waals surface area contributed by atoms with Gasteiger partial charge in [-0.3, -0.25) is 24.1 Å². The number of anilines is 2. The van der Waals surface area contributed by atoms with E-state index in [9.17, 15) is 43.8 Å². The first-order valence-electron chi connectivity index (χ1n) is 28.4. The first-order valence-corrected chi connectivity index (χ1v) is 31.7. The number of fused-ring (bicyclic) bond motifs is 1. The number of H-pyrrole nitrogens is 1. The third kappa shape index (κ3) is 17.6. The van der Waals surface area contributed by atoms with Gasteiger partial charge >= 0.3 is 18.1 Å². The molecule has 0 spiro atoms. The van der Waals surface area contributed by atoms with Crippen molar-refractivity contribution in [2.45, 2.75) is 98.1 Å². The van der Waals surface area contributed by atoms with Crippen molar-refractivity contribution in [3.05, 3.63) is 133 Å². The molecule has 25 heteroatoms. The van der Waals surface area contributed by atoms with Crippen LogP contribution in [0.5, 0.6) is 5.88 Å². The van der Waals surface area contributed by atoms with Gasteiger partial charge in [-0.15, -0.1) is 11.3 Å². The third-order valence-electron chi connectivity index (χ3n) is 14.8. The number of aliphatic carboxylic acids is 2. The first kappa shape index (κ1) is 64.4. The Balaban J connectivity index is 0.799. The monoisotopic (exact) mass is 1240 g/mol. The molecule has 2 saturated heterocycles. The topological polar surface area (TPSA) is 284 Å². The SMILES string of the molecule is CCN(c1cc(-c2cccc(CN3CCOCC3)c2)cc(C(=O)NCc2c(C)cc(C)nc2OC(=O)OCCSSCC(NC(=O)CC[C@@H](NC(=O)c2ccc(N(C)Cc3ccc4nc(C)[nH]c(=O)c4c3)s2)C(=O)O)C(=O)O)c1C)C1CCOCC1. The van der Waals surface area contributed by atoms with Gasteiger partial charge in [0.2, 0.25) is 11.8 Å². The van der Waals surface area contributed by atoms with Crippen molar-refractivity contribution in [1.82, 2.24) is 35.8 Å². The summed E-state index contributed by atoms with van der Waals surface area (Å²) in [4.78, 5) is 109. The summed E-state index contributed by atoms with van der Waals surface area (Å²) in [5.41, 5.74) is 8.38. The van der Waals surface area contributed by atoms with Gasteiger partial charge in [-0.1, -0.05) is 45.9 Å². The molecular formula is C61H73N9O13S3. The maximum absolute atomic E-state index is 14.5. The second kappa shape index (κ2) is 30.7. The summed E-state index contributed by atoms with van der Waals surface area (Å²) in [7, 11) is 4.12. The second-order valence-electron chi connectivity index (χ2n) is 21.1. The lowest BCUT2D eigenvalue weighted by molar-refractivity contribution is -0.142. The Hall–Kier alpha value is -7.55. The van der Waals surface area contributed by atoms with Crippen LogP contribution in [0.1, 0.15) is 92.0 Å². The van der Waals surface area contributed by atoms with Crippen LogP contribution in [-0.4, -0.2) is 155 Å². The Morgan fingerprint density at radius 3 is 2.35 bits per heavy atom. The number of carbonyl (C=O) groups excluding carboxylic acids is 4. The minimum atomic E-state index is -1.45. The van der Waals surface area contributed by atoms with Gasteiger partial charge in [0.15, 0.2) is 0 Å². The standard InChI is InChI=1S/C61H73N9O13S3/c1-7-70(44-17-21-80-22-18-44)51-31-43(42-10-8-9-40(28-42)34-69-19-23-81-24-20-69)30-45(38(51)4)55(72)62-32-47-36(2)27-37(3)63-58(47)83-61(79)82-25-26-84-85-35-50(60(77)78)66-53(71)15-13-49(59(75)76)67-57(74)52-14-16-54(86-52)68(6)33-41-11-12-48-46(29-41)56(73)65-39(5)64-48/h8-12,14,16,27-31,44,49-50H,7,13,15,17-26,32-35H2,1-6H3,(H,62,72)(H,66,71)(H,67,74)(H,75,76)(H,77,78)(H,64,65,73)/t49-,50?/m1/s1. The molecule has 86 heavy (non-hydrogen) atoms. The van der Waals surface area contributed by atoms with Crippen LogP contribution >= 0.6 is 32.9 Å². The van der Waals surface area contributed by atoms with E-state index in [2.05, 4.69) is 78.0 Å². The van der Waals surface area contributed by atoms with Gasteiger partial charge in [-0.25, -0.2) is 24.4 Å². The number of benzene rings is 3. The predicted octanol–water partition coefficient (Wildman–Crippen LogP) is 7.81. The minimum absolute atomic E-state index is 0.00836. The van der Waals surface area contributed by atoms with E-state index >= 15 is 0 Å². The molecule has 0 aliphatic carbocycles. The molecule has 6 N–H and O–H groups in total. The van der Waals surface area contributed by atoms with Gasteiger partial charge in [0, 0.05) is 106 Å². The average Bonchev–Trinajstić information content (AvgIpc) is 2.65. The molecule has 8 rings (SSSR count). The number of nitrogens with one attached hydrogen (secondary N) is 4. The van der Waals surface area contributed by atoms with E-state index in [-0.39, 0.29) is 59.3 Å². The predicted molar refractivity (Wildman–Crippen MR) is 333 cm³/mol. The number of carbonyl (C=O) groups is 6. The number of hydrogen-bond acceptors (Lipinski definition) is 19. The number of aromatic nitrogens is 3. The molecule has 6 aromatic rings. The number of rotatable bonds is 27. The van der Waals surface area contributed by atoms with Crippen molar-refractivity contribution in [3.63, 3.8) is 0 Å². The number of aromatic amines is 1. The number of morpholine rings is 1. The molecule has 458 valence electrons. The van der Waals surface area contributed by atoms with Crippen LogP contribution in [0, 0.1) is 27.7 Å². The zero-order valence-corrected chi connectivity index (χ0v) is 51.5. The maximum atomic E-state index is 14.5. The molecule has 2 fully saturated rings. The fourth-order valence-electron chi connectivity index (χ4n) is 10.3. The summed E-state index contributed by atoms with van der Waals surface area (Å²) in [6, 6.07) is 20.5. The van der Waals surface area contributed by atoms with E-state index in [0.29, 0.717) is 71.5 Å². The summed E-state index contributed by atoms with van der Waals surface area (Å²) in [6.07, 6.45) is 0.0133. The number of ether oxygens (including phenoxy) is 4. The molecule has 0 bridgehead atoms. The number of hydrogen-bond donors (Lipinski definition) is 6. The quantitative estimate of drug-likeness (QED) is 0.0163. The lowest BCUT2D eigenvalue weighted by Gasteiger charge is -2.37. The van der Waals surface area contributed by atoms with Crippen molar-refractivity contribution in [2.24, 2.45) is 0 Å². The number of pyridine rings is 1. The third-order valence-corrected chi connectivity index (χ3v) is 18.4. The molecule has 3 aromatic heterocycles. The van der Waals surface area contributed by atoms with E-state index in [1.807, 2.05) is 44.0 Å². The van der Waals surface area contributed by atoms with Crippen molar-refractivity contribution in [2.75, 3.05) is 81.0 Å². The minimum Gasteiger partial charge on any atom is -0.480 e. The van der Waals surface area contributed by atoms with E-state index in [0.717, 1.165) is 94.7 Å². The highest BCUT2D eigenvalue weighted by atomic mass is 33.1. The Bertz CT molecular complexity index is 3480. The van der Waals surface area contributed by atoms with Gasteiger partial charge in [-0.2, -0.15) is 0 Å². The van der Waals surface area contributed by atoms with Crippen LogP contribution in [0.15, 0.2) is 77.6 Å². The molecule has 0 radical (unpaired) electrons. The fraction of sp³-hybridized carbons (Fsp3) is 0.426. The highest BCUT2D eigenvalue weighted by Crippen LogP contribution is 2.35. The normalized spacial score (nSPS) is 14.4. The van der Waals surface area contributed by atoms with Crippen molar-refractivity contribution in [3.8, 4) is 17.0 Å². The zero-order valence-electron chi connectivity index (χ0n) is 49.0. The lowest BCUT2D eigenvalue weighted by atomic mass is 9.94. The van der Waals surface area contributed by atoms with Gasteiger partial charge in [0.05, 0.1) is 34.0 Å². The van der Waals surface area contributed by atoms with Gasteiger partial charge < -0.3 is 59.9 Å². The van der Waals surface area contributed by atoms with Gasteiger partial charge in [0.1, 0.15) is 24.5 Å². The van der Waals surface area contributed by atoms with E-state index < -0.39 is 48.4 Å². The van der Waals surface area contributed by atoms with Crippen LogP contribution in [0.4, 0.5) is 15.5 Å². The van der Waals surface area contributed by atoms with E-state index in [1.54, 1.807) is 38.1 Å².